The molecule has 0 saturated carbocycles. The Bertz CT molecular complexity index is 534. The van der Waals surface area contributed by atoms with Crippen LogP contribution in [0.15, 0.2) is 36.9 Å². The Balaban J connectivity index is 2.29. The second-order valence-corrected chi connectivity index (χ2v) is 5.70. The first kappa shape index (κ1) is 17.9. The van der Waals surface area contributed by atoms with E-state index in [-0.39, 0.29) is 13.0 Å². The van der Waals surface area contributed by atoms with Gasteiger partial charge >= 0.3 is 0 Å². The normalized spacial score (nSPS) is 34.1. The van der Waals surface area contributed by atoms with Crippen LogP contribution in [0.25, 0.3) is 0 Å². The van der Waals surface area contributed by atoms with Crippen molar-refractivity contribution in [1.29, 1.82) is 0 Å². The molecule has 1 aromatic rings. The third kappa shape index (κ3) is 3.57. The summed E-state index contributed by atoms with van der Waals surface area (Å²) in [5.41, 5.74) is -1.15. The zero-order valence-electron chi connectivity index (χ0n) is 13.4. The molecule has 6 heteroatoms. The summed E-state index contributed by atoms with van der Waals surface area (Å²) in [6.45, 7) is 5.32. The van der Waals surface area contributed by atoms with Gasteiger partial charge in [0.1, 0.15) is 23.6 Å². The number of aliphatic hydroxyl groups is 3. The topological polar surface area (TPSA) is 88.4 Å². The van der Waals surface area contributed by atoms with Crippen LogP contribution in [-0.4, -0.2) is 59.2 Å². The van der Waals surface area contributed by atoms with Crippen molar-refractivity contribution < 1.29 is 29.5 Å². The number of methoxy groups -OCH3 is 1. The molecule has 0 bridgehead atoms. The fourth-order valence-electron chi connectivity index (χ4n) is 2.83. The molecule has 6 nitrogen and oxygen atoms in total. The molecule has 1 saturated heterocycles. The van der Waals surface area contributed by atoms with Gasteiger partial charge in [-0.1, -0.05) is 24.3 Å². The van der Waals surface area contributed by atoms with Gasteiger partial charge in [-0.3, -0.25) is 0 Å². The summed E-state index contributed by atoms with van der Waals surface area (Å²) in [5.74, 6) is 0.572. The number of hydrogen-bond donors (Lipinski definition) is 3. The van der Waals surface area contributed by atoms with Crippen LogP contribution in [0.2, 0.25) is 0 Å². The maximum Gasteiger partial charge on any atom is 0.187 e. The van der Waals surface area contributed by atoms with Gasteiger partial charge in [-0.15, -0.1) is 6.58 Å². The Morgan fingerprint density at radius 3 is 2.65 bits per heavy atom. The average molecular weight is 324 g/mol. The highest BCUT2D eigenvalue weighted by molar-refractivity contribution is 5.35. The molecule has 5 atom stereocenters. The van der Waals surface area contributed by atoms with Crippen molar-refractivity contribution >= 4 is 0 Å². The summed E-state index contributed by atoms with van der Waals surface area (Å²) in [6.07, 6.45) is -2.92. The Hall–Kier alpha value is -1.44. The number of para-hydroxylation sites is 1. The Morgan fingerprint density at radius 1 is 1.30 bits per heavy atom. The largest absolute Gasteiger partial charge is 0.496 e. The average Bonchev–Trinajstić information content (AvgIpc) is 2.56. The van der Waals surface area contributed by atoms with E-state index in [1.54, 1.807) is 25.1 Å². The predicted molar refractivity (Wildman–Crippen MR) is 84.1 cm³/mol. The maximum absolute atomic E-state index is 11.0. The summed E-state index contributed by atoms with van der Waals surface area (Å²) >= 11 is 0. The van der Waals surface area contributed by atoms with Crippen molar-refractivity contribution in [3.05, 3.63) is 42.5 Å². The van der Waals surface area contributed by atoms with Gasteiger partial charge in [0, 0.05) is 6.42 Å². The number of ether oxygens (including phenoxy) is 3. The number of rotatable bonds is 6. The van der Waals surface area contributed by atoms with Gasteiger partial charge in [-0.05, 0) is 18.6 Å². The molecule has 2 rings (SSSR count). The van der Waals surface area contributed by atoms with Crippen molar-refractivity contribution in [3.8, 4) is 5.75 Å². The minimum Gasteiger partial charge on any atom is -0.496 e. The van der Waals surface area contributed by atoms with Crippen LogP contribution in [0, 0.1) is 0 Å². The first-order valence-corrected chi connectivity index (χ1v) is 7.52. The van der Waals surface area contributed by atoms with Crippen LogP contribution in [0.1, 0.15) is 12.5 Å². The minimum atomic E-state index is -1.82. The second kappa shape index (κ2) is 7.42. The van der Waals surface area contributed by atoms with E-state index in [1.807, 2.05) is 6.07 Å². The first-order valence-electron chi connectivity index (χ1n) is 7.52. The SMILES string of the molecule is C=CCO[C@H]1O[C@H](C)[C@H](O)[C@@](O)(Cc2ccccc2OC)[C@H]1O. The van der Waals surface area contributed by atoms with Crippen LogP contribution in [0.3, 0.4) is 0 Å². The third-order valence-electron chi connectivity index (χ3n) is 4.12. The molecule has 1 heterocycles. The monoisotopic (exact) mass is 324 g/mol. The van der Waals surface area contributed by atoms with Crippen molar-refractivity contribution in [2.75, 3.05) is 13.7 Å². The molecule has 1 aliphatic heterocycles. The smallest absolute Gasteiger partial charge is 0.187 e. The molecular formula is C17H24O6. The molecule has 3 N–H and O–H groups in total. The molecule has 0 spiro atoms. The molecule has 0 aliphatic carbocycles. The maximum atomic E-state index is 11.0. The van der Waals surface area contributed by atoms with Gasteiger partial charge < -0.3 is 29.5 Å². The van der Waals surface area contributed by atoms with Crippen LogP contribution >= 0.6 is 0 Å². The van der Waals surface area contributed by atoms with Gasteiger partial charge in [-0.2, -0.15) is 0 Å². The lowest BCUT2D eigenvalue weighted by atomic mass is 9.79. The number of hydrogen-bond acceptors (Lipinski definition) is 6. The van der Waals surface area contributed by atoms with E-state index in [1.165, 1.54) is 13.2 Å². The zero-order valence-corrected chi connectivity index (χ0v) is 13.4. The lowest BCUT2D eigenvalue weighted by molar-refractivity contribution is -0.323. The second-order valence-electron chi connectivity index (χ2n) is 5.70. The van der Waals surface area contributed by atoms with E-state index in [2.05, 4.69) is 6.58 Å². The molecule has 0 aromatic heterocycles. The summed E-state index contributed by atoms with van der Waals surface area (Å²) in [7, 11) is 1.53. The van der Waals surface area contributed by atoms with Crippen molar-refractivity contribution in [1.82, 2.24) is 0 Å². The van der Waals surface area contributed by atoms with E-state index in [4.69, 9.17) is 14.2 Å². The van der Waals surface area contributed by atoms with Crippen LogP contribution in [0.5, 0.6) is 5.75 Å². The van der Waals surface area contributed by atoms with Crippen LogP contribution in [-0.2, 0) is 15.9 Å². The number of benzene rings is 1. The predicted octanol–water partition coefficient (Wildman–Crippen LogP) is 0.638. The molecule has 0 radical (unpaired) electrons. The molecule has 1 fully saturated rings. The molecule has 128 valence electrons. The van der Waals surface area contributed by atoms with E-state index in [0.717, 1.165) is 0 Å². The highest BCUT2D eigenvalue weighted by Crippen LogP contribution is 2.35. The van der Waals surface area contributed by atoms with E-state index in [9.17, 15) is 15.3 Å². The first-order chi connectivity index (χ1) is 10.9. The summed E-state index contributed by atoms with van der Waals surface area (Å²) in [5, 5.41) is 31.9. The third-order valence-corrected chi connectivity index (χ3v) is 4.12. The zero-order chi connectivity index (χ0) is 17.0. The summed E-state index contributed by atoms with van der Waals surface area (Å²) < 4.78 is 16.1. The van der Waals surface area contributed by atoms with Gasteiger partial charge in [0.2, 0.25) is 0 Å². The highest BCUT2D eigenvalue weighted by Gasteiger charge is 2.54. The Kier molecular flexibility index (Phi) is 5.78. The van der Waals surface area contributed by atoms with Crippen molar-refractivity contribution in [2.45, 2.75) is 43.5 Å². The van der Waals surface area contributed by atoms with Gasteiger partial charge in [0.15, 0.2) is 6.29 Å². The van der Waals surface area contributed by atoms with Crippen LogP contribution in [0.4, 0.5) is 0 Å². The lowest BCUT2D eigenvalue weighted by Gasteiger charge is -2.47. The molecule has 23 heavy (non-hydrogen) atoms. The standard InChI is InChI=1S/C17H24O6/c1-4-9-22-16-15(19)17(20,14(18)11(2)23-16)10-12-7-5-6-8-13(12)21-3/h4-8,11,14-16,18-20H,1,9-10H2,2-3H3/t11-,14+,15+,16+,17+/m1/s1. The summed E-state index contributed by atoms with van der Waals surface area (Å²) in [6, 6.07) is 7.14. The van der Waals surface area contributed by atoms with Gasteiger partial charge in [0.25, 0.3) is 0 Å². The quantitative estimate of drug-likeness (QED) is 0.666. The molecule has 1 aliphatic rings. The highest BCUT2D eigenvalue weighted by atomic mass is 16.7. The van der Waals surface area contributed by atoms with E-state index in [0.29, 0.717) is 11.3 Å². The van der Waals surface area contributed by atoms with Gasteiger partial charge in [0.05, 0.1) is 19.8 Å². The Morgan fingerprint density at radius 2 is 2.00 bits per heavy atom. The lowest BCUT2D eigenvalue weighted by Crippen LogP contribution is -2.67. The Labute approximate surface area is 135 Å². The van der Waals surface area contributed by atoms with Gasteiger partial charge in [-0.25, -0.2) is 0 Å². The van der Waals surface area contributed by atoms with E-state index < -0.39 is 30.2 Å². The molecular weight excluding hydrogens is 300 g/mol. The fraction of sp³-hybridized carbons (Fsp3) is 0.529. The molecule has 1 aromatic carbocycles. The van der Waals surface area contributed by atoms with Crippen molar-refractivity contribution in [3.63, 3.8) is 0 Å². The minimum absolute atomic E-state index is 0.000988. The molecule has 0 unspecified atom stereocenters. The number of aliphatic hydroxyl groups excluding tert-OH is 2. The van der Waals surface area contributed by atoms with E-state index >= 15 is 0 Å². The van der Waals surface area contributed by atoms with Crippen LogP contribution < -0.4 is 4.74 Å². The van der Waals surface area contributed by atoms with Crippen molar-refractivity contribution in [2.24, 2.45) is 0 Å². The summed E-state index contributed by atoms with van der Waals surface area (Å²) in [4.78, 5) is 0. The fourth-order valence-corrected chi connectivity index (χ4v) is 2.83. The molecule has 0 amide bonds.